The molecule has 134 valence electrons. The summed E-state index contributed by atoms with van der Waals surface area (Å²) in [6, 6.07) is 12.5. The number of fused-ring (bicyclic) bond motifs is 1. The Morgan fingerprint density at radius 3 is 2.54 bits per heavy atom. The minimum absolute atomic E-state index is 0.104. The summed E-state index contributed by atoms with van der Waals surface area (Å²) in [5, 5.41) is 1.80. The first-order valence-corrected chi connectivity index (χ1v) is 7.96. The third-order valence-corrected chi connectivity index (χ3v) is 3.95. The lowest BCUT2D eigenvalue weighted by Gasteiger charge is -2.17. The quantitative estimate of drug-likeness (QED) is 0.689. The second-order valence-electron chi connectivity index (χ2n) is 5.87. The van der Waals surface area contributed by atoms with Crippen LogP contribution in [0.1, 0.15) is 10.4 Å². The lowest BCUT2D eigenvalue weighted by atomic mass is 10.0. The number of aromatic nitrogens is 1. The average molecular weight is 354 g/mol. The number of amides is 1. The number of rotatable bonds is 5. The third kappa shape index (κ3) is 3.37. The van der Waals surface area contributed by atoms with Crippen LogP contribution in [0, 0.1) is 5.82 Å². The molecule has 3 rings (SSSR count). The van der Waals surface area contributed by atoms with E-state index in [-0.39, 0.29) is 11.8 Å². The molecule has 1 heterocycles. The standard InChI is InChI=1S/C19H19FN4O2/c1-24(2)17-9-8-15(13-6-4-5-7-14(13)17)18(25)23-22-12-10-16(20)19(26-3)21-11-12/h4-11,22H,1-3H3,(H,23,25). The molecule has 0 bridgehead atoms. The maximum atomic E-state index is 13.7. The van der Waals surface area contributed by atoms with Gasteiger partial charge in [-0.15, -0.1) is 0 Å². The van der Waals surface area contributed by atoms with Gasteiger partial charge in [-0.05, 0) is 17.5 Å². The van der Waals surface area contributed by atoms with Gasteiger partial charge < -0.3 is 9.64 Å². The molecule has 0 atom stereocenters. The van der Waals surface area contributed by atoms with E-state index in [0.29, 0.717) is 11.3 Å². The molecule has 0 saturated heterocycles. The van der Waals surface area contributed by atoms with Crippen LogP contribution in [0.5, 0.6) is 5.88 Å². The number of hydrogen-bond donors (Lipinski definition) is 2. The van der Waals surface area contributed by atoms with Gasteiger partial charge in [-0.3, -0.25) is 15.6 Å². The lowest BCUT2D eigenvalue weighted by Crippen LogP contribution is -2.29. The number of hydrazine groups is 1. The number of anilines is 2. The SMILES string of the molecule is COc1ncc(NNC(=O)c2ccc(N(C)C)c3ccccc23)cc1F. The van der Waals surface area contributed by atoms with Crippen LogP contribution in [-0.2, 0) is 0 Å². The van der Waals surface area contributed by atoms with Gasteiger partial charge in [0.25, 0.3) is 5.91 Å². The first-order chi connectivity index (χ1) is 12.5. The van der Waals surface area contributed by atoms with Crippen molar-refractivity contribution >= 4 is 28.1 Å². The van der Waals surface area contributed by atoms with Crippen molar-refractivity contribution in [2.24, 2.45) is 0 Å². The molecule has 0 spiro atoms. The smallest absolute Gasteiger partial charge is 0.270 e. The van der Waals surface area contributed by atoms with E-state index < -0.39 is 5.82 Å². The van der Waals surface area contributed by atoms with Crippen LogP contribution in [0.25, 0.3) is 10.8 Å². The number of halogens is 1. The molecule has 1 amide bonds. The Hall–Kier alpha value is -3.35. The Labute approximate surface area is 150 Å². The number of carbonyl (C=O) groups is 1. The van der Waals surface area contributed by atoms with E-state index in [1.807, 2.05) is 49.3 Å². The predicted octanol–water partition coefficient (Wildman–Crippen LogP) is 3.21. The zero-order chi connectivity index (χ0) is 18.7. The zero-order valence-electron chi connectivity index (χ0n) is 14.7. The van der Waals surface area contributed by atoms with E-state index in [0.717, 1.165) is 16.5 Å². The molecule has 0 aliphatic heterocycles. The van der Waals surface area contributed by atoms with Crippen molar-refractivity contribution in [3.63, 3.8) is 0 Å². The molecule has 0 fully saturated rings. The summed E-state index contributed by atoms with van der Waals surface area (Å²) in [5.74, 6) is -1.05. The average Bonchev–Trinajstić information content (AvgIpc) is 2.65. The molecule has 0 aliphatic carbocycles. The fourth-order valence-electron chi connectivity index (χ4n) is 2.71. The third-order valence-electron chi connectivity index (χ3n) is 3.95. The molecule has 2 N–H and O–H groups in total. The maximum absolute atomic E-state index is 13.7. The number of benzene rings is 2. The van der Waals surface area contributed by atoms with Crippen LogP contribution in [-0.4, -0.2) is 32.1 Å². The highest BCUT2D eigenvalue weighted by Gasteiger charge is 2.13. The molecule has 0 aliphatic rings. The molecular weight excluding hydrogens is 335 g/mol. The van der Waals surface area contributed by atoms with Crippen molar-refractivity contribution in [1.82, 2.24) is 10.4 Å². The Bertz CT molecular complexity index is 959. The number of carbonyl (C=O) groups excluding carboxylic acids is 1. The van der Waals surface area contributed by atoms with Crippen molar-refractivity contribution in [2.45, 2.75) is 0 Å². The van der Waals surface area contributed by atoms with Gasteiger partial charge in [-0.1, -0.05) is 24.3 Å². The number of pyridine rings is 1. The van der Waals surface area contributed by atoms with Crippen LogP contribution >= 0.6 is 0 Å². The monoisotopic (exact) mass is 354 g/mol. The van der Waals surface area contributed by atoms with Gasteiger partial charge in [0.1, 0.15) is 0 Å². The summed E-state index contributed by atoms with van der Waals surface area (Å²) in [4.78, 5) is 18.4. The minimum atomic E-state index is -0.618. The van der Waals surface area contributed by atoms with Crippen molar-refractivity contribution in [2.75, 3.05) is 31.5 Å². The molecule has 0 radical (unpaired) electrons. The first-order valence-electron chi connectivity index (χ1n) is 7.96. The number of nitrogens with zero attached hydrogens (tertiary/aromatic N) is 2. The fraction of sp³-hybridized carbons (Fsp3) is 0.158. The van der Waals surface area contributed by atoms with E-state index in [1.54, 1.807) is 6.07 Å². The summed E-state index contributed by atoms with van der Waals surface area (Å²) in [6.07, 6.45) is 1.37. The number of methoxy groups -OCH3 is 1. The summed E-state index contributed by atoms with van der Waals surface area (Å²) >= 11 is 0. The minimum Gasteiger partial charge on any atom is -0.479 e. The summed E-state index contributed by atoms with van der Waals surface area (Å²) in [5.41, 5.74) is 7.09. The molecule has 0 unspecified atom stereocenters. The van der Waals surface area contributed by atoms with E-state index in [2.05, 4.69) is 15.8 Å². The molecule has 7 heteroatoms. The Morgan fingerprint density at radius 2 is 1.88 bits per heavy atom. The highest BCUT2D eigenvalue weighted by Crippen LogP contribution is 2.28. The van der Waals surface area contributed by atoms with E-state index in [9.17, 15) is 9.18 Å². The van der Waals surface area contributed by atoms with Crippen molar-refractivity contribution in [3.8, 4) is 5.88 Å². The molecule has 26 heavy (non-hydrogen) atoms. The normalized spacial score (nSPS) is 10.5. The molecule has 3 aromatic rings. The van der Waals surface area contributed by atoms with Gasteiger partial charge in [-0.25, -0.2) is 9.37 Å². The highest BCUT2D eigenvalue weighted by molar-refractivity contribution is 6.10. The first kappa shape index (κ1) is 17.5. The van der Waals surface area contributed by atoms with Crippen LogP contribution in [0.4, 0.5) is 15.8 Å². The topological polar surface area (TPSA) is 66.5 Å². The van der Waals surface area contributed by atoms with Gasteiger partial charge in [0, 0.05) is 36.8 Å². The van der Waals surface area contributed by atoms with Gasteiger partial charge in [-0.2, -0.15) is 0 Å². The Balaban J connectivity index is 1.84. The van der Waals surface area contributed by atoms with Crippen molar-refractivity contribution < 1.29 is 13.9 Å². The second-order valence-corrected chi connectivity index (χ2v) is 5.87. The van der Waals surface area contributed by atoms with Gasteiger partial charge in [0.05, 0.1) is 19.0 Å². The largest absolute Gasteiger partial charge is 0.479 e. The molecular formula is C19H19FN4O2. The van der Waals surface area contributed by atoms with Gasteiger partial charge in [0.2, 0.25) is 5.88 Å². The van der Waals surface area contributed by atoms with E-state index in [1.165, 1.54) is 19.4 Å². The number of ether oxygens (including phenoxy) is 1. The molecule has 6 nitrogen and oxygen atoms in total. The second kappa shape index (κ2) is 7.26. The van der Waals surface area contributed by atoms with E-state index >= 15 is 0 Å². The highest BCUT2D eigenvalue weighted by atomic mass is 19.1. The number of nitrogens with one attached hydrogen (secondary N) is 2. The Morgan fingerprint density at radius 1 is 1.15 bits per heavy atom. The van der Waals surface area contributed by atoms with Gasteiger partial charge >= 0.3 is 0 Å². The summed E-state index contributed by atoms with van der Waals surface area (Å²) < 4.78 is 18.4. The summed E-state index contributed by atoms with van der Waals surface area (Å²) in [6.45, 7) is 0. The van der Waals surface area contributed by atoms with Crippen molar-refractivity contribution in [1.29, 1.82) is 0 Å². The van der Waals surface area contributed by atoms with Crippen LogP contribution in [0.2, 0.25) is 0 Å². The molecule has 2 aromatic carbocycles. The Kier molecular flexibility index (Phi) is 4.88. The predicted molar refractivity (Wildman–Crippen MR) is 100 cm³/mol. The summed E-state index contributed by atoms with van der Waals surface area (Å²) in [7, 11) is 5.24. The van der Waals surface area contributed by atoms with Gasteiger partial charge in [0.15, 0.2) is 5.82 Å². The van der Waals surface area contributed by atoms with Crippen LogP contribution in [0.3, 0.4) is 0 Å². The van der Waals surface area contributed by atoms with E-state index in [4.69, 9.17) is 4.74 Å². The number of hydrogen-bond acceptors (Lipinski definition) is 5. The van der Waals surface area contributed by atoms with Crippen LogP contribution in [0.15, 0.2) is 48.7 Å². The fourth-order valence-corrected chi connectivity index (χ4v) is 2.71. The maximum Gasteiger partial charge on any atom is 0.270 e. The van der Waals surface area contributed by atoms with Crippen molar-refractivity contribution in [3.05, 3.63) is 60.0 Å². The zero-order valence-corrected chi connectivity index (χ0v) is 14.7. The lowest BCUT2D eigenvalue weighted by molar-refractivity contribution is 0.0964. The van der Waals surface area contributed by atoms with Crippen LogP contribution < -0.4 is 20.5 Å². The molecule has 0 saturated carbocycles. The molecule has 1 aromatic heterocycles.